The van der Waals surface area contributed by atoms with Gasteiger partial charge in [-0.15, -0.1) is 0 Å². The predicted molar refractivity (Wildman–Crippen MR) is 117 cm³/mol. The lowest BCUT2D eigenvalue weighted by Gasteiger charge is -2.27. The molecule has 0 bridgehead atoms. The summed E-state index contributed by atoms with van der Waals surface area (Å²) in [6.07, 6.45) is 4.42. The molecule has 0 aromatic heterocycles. The van der Waals surface area contributed by atoms with Gasteiger partial charge in [0.2, 0.25) is 15.9 Å². The molecule has 1 saturated heterocycles. The van der Waals surface area contributed by atoms with Crippen LogP contribution in [-0.4, -0.2) is 45.0 Å². The number of benzene rings is 2. The van der Waals surface area contributed by atoms with Gasteiger partial charge in [0.05, 0.1) is 11.5 Å². The predicted octanol–water partition coefficient (Wildman–Crippen LogP) is 3.38. The number of sulfonamides is 1. The van der Waals surface area contributed by atoms with Crippen LogP contribution in [0, 0.1) is 0 Å². The Balaban J connectivity index is 1.82. The molecule has 0 radical (unpaired) electrons. The van der Waals surface area contributed by atoms with Crippen LogP contribution >= 0.6 is 0 Å². The van der Waals surface area contributed by atoms with Gasteiger partial charge in [-0.25, -0.2) is 8.42 Å². The fraction of sp³-hybridized carbons (Fsp3) is 0.435. The van der Waals surface area contributed by atoms with Crippen molar-refractivity contribution in [3.63, 3.8) is 0 Å². The van der Waals surface area contributed by atoms with E-state index < -0.39 is 16.1 Å². The number of carbonyl (C=O) groups excluding carboxylic acids is 1. The number of hydrogen-bond donors (Lipinski definition) is 1. The summed E-state index contributed by atoms with van der Waals surface area (Å²) < 4.78 is 34.1. The van der Waals surface area contributed by atoms with E-state index in [4.69, 9.17) is 4.74 Å². The smallest absolute Gasteiger partial charge is 0.241 e. The van der Waals surface area contributed by atoms with E-state index in [1.807, 2.05) is 37.3 Å². The van der Waals surface area contributed by atoms with E-state index in [9.17, 15) is 13.2 Å². The van der Waals surface area contributed by atoms with Gasteiger partial charge in [-0.3, -0.25) is 4.79 Å². The van der Waals surface area contributed by atoms with Gasteiger partial charge in [-0.2, -0.15) is 4.72 Å². The third-order valence-corrected chi connectivity index (χ3v) is 6.73. The Hall–Kier alpha value is -2.38. The van der Waals surface area contributed by atoms with Gasteiger partial charge in [-0.05, 0) is 56.0 Å². The summed E-state index contributed by atoms with van der Waals surface area (Å²) in [4.78, 5) is 15.2. The van der Waals surface area contributed by atoms with Crippen LogP contribution in [0.15, 0.2) is 59.5 Å². The molecule has 7 heteroatoms. The van der Waals surface area contributed by atoms with Crippen molar-refractivity contribution in [3.8, 4) is 5.75 Å². The maximum atomic E-state index is 13.3. The minimum Gasteiger partial charge on any atom is -0.494 e. The molecule has 1 aliphatic heterocycles. The normalized spacial score (nSPS) is 16.0. The van der Waals surface area contributed by atoms with E-state index in [0.717, 1.165) is 31.2 Å². The minimum absolute atomic E-state index is 0.118. The van der Waals surface area contributed by atoms with E-state index in [2.05, 4.69) is 4.72 Å². The van der Waals surface area contributed by atoms with Crippen LogP contribution in [0.5, 0.6) is 5.75 Å². The molecule has 0 aliphatic carbocycles. The lowest BCUT2D eigenvalue weighted by Crippen LogP contribution is -2.49. The Labute approximate surface area is 179 Å². The molecule has 1 aliphatic rings. The van der Waals surface area contributed by atoms with Gasteiger partial charge in [-0.1, -0.05) is 43.2 Å². The van der Waals surface area contributed by atoms with Gasteiger partial charge < -0.3 is 9.64 Å². The highest BCUT2D eigenvalue weighted by Gasteiger charge is 2.30. The number of amides is 1. The van der Waals surface area contributed by atoms with E-state index in [0.29, 0.717) is 31.9 Å². The first kappa shape index (κ1) is 22.3. The molecular formula is C23H30N2O4S. The summed E-state index contributed by atoms with van der Waals surface area (Å²) in [5.74, 6) is 0.452. The summed E-state index contributed by atoms with van der Waals surface area (Å²) >= 11 is 0. The molecule has 1 fully saturated rings. The fourth-order valence-corrected chi connectivity index (χ4v) is 4.87. The van der Waals surface area contributed by atoms with Gasteiger partial charge in [0, 0.05) is 13.1 Å². The average molecular weight is 431 g/mol. The largest absolute Gasteiger partial charge is 0.494 e. The van der Waals surface area contributed by atoms with Crippen molar-refractivity contribution < 1.29 is 17.9 Å². The Kier molecular flexibility index (Phi) is 7.87. The van der Waals surface area contributed by atoms with Crippen LogP contribution in [0.1, 0.15) is 38.2 Å². The lowest BCUT2D eigenvalue weighted by atomic mass is 10.1. The van der Waals surface area contributed by atoms with Crippen molar-refractivity contribution >= 4 is 15.9 Å². The molecule has 1 N–H and O–H groups in total. The summed E-state index contributed by atoms with van der Waals surface area (Å²) in [7, 11) is -3.86. The SMILES string of the molecule is CCOc1ccc(S(=O)(=O)N[C@H](Cc2ccccc2)C(=O)N2CCCCCC2)cc1. The zero-order valence-electron chi connectivity index (χ0n) is 17.4. The minimum atomic E-state index is -3.86. The molecule has 0 saturated carbocycles. The highest BCUT2D eigenvalue weighted by molar-refractivity contribution is 7.89. The number of carbonyl (C=O) groups is 1. The van der Waals surface area contributed by atoms with Crippen LogP contribution in [-0.2, 0) is 21.2 Å². The molecule has 1 amide bonds. The highest BCUT2D eigenvalue weighted by atomic mass is 32.2. The van der Waals surface area contributed by atoms with Gasteiger partial charge in [0.25, 0.3) is 0 Å². The van der Waals surface area contributed by atoms with Crippen LogP contribution < -0.4 is 9.46 Å². The van der Waals surface area contributed by atoms with Crippen LogP contribution in [0.4, 0.5) is 0 Å². The molecule has 0 spiro atoms. The highest BCUT2D eigenvalue weighted by Crippen LogP contribution is 2.18. The Morgan fingerprint density at radius 1 is 1.00 bits per heavy atom. The van der Waals surface area contributed by atoms with Gasteiger partial charge >= 0.3 is 0 Å². The standard InChI is InChI=1S/C23H30N2O4S/c1-2-29-20-12-14-21(15-13-20)30(27,28)24-22(18-19-10-6-5-7-11-19)23(26)25-16-8-3-4-9-17-25/h5-7,10-15,22,24H,2-4,8-9,16-18H2,1H3/t22-/m1/s1. The number of nitrogens with zero attached hydrogens (tertiary/aromatic N) is 1. The number of nitrogens with one attached hydrogen (secondary N) is 1. The molecular weight excluding hydrogens is 400 g/mol. The third-order valence-electron chi connectivity index (χ3n) is 5.24. The summed E-state index contributed by atoms with van der Waals surface area (Å²) in [5.41, 5.74) is 0.917. The molecule has 30 heavy (non-hydrogen) atoms. The first-order valence-electron chi connectivity index (χ1n) is 10.6. The van der Waals surface area contributed by atoms with Crippen LogP contribution in [0.25, 0.3) is 0 Å². The first-order chi connectivity index (χ1) is 14.5. The second-order valence-electron chi connectivity index (χ2n) is 7.51. The van der Waals surface area contributed by atoms with E-state index in [1.54, 1.807) is 17.0 Å². The maximum absolute atomic E-state index is 13.3. The molecule has 2 aromatic carbocycles. The zero-order chi connectivity index (χ0) is 21.4. The topological polar surface area (TPSA) is 75.7 Å². The zero-order valence-corrected chi connectivity index (χ0v) is 18.2. The molecule has 2 aromatic rings. The molecule has 162 valence electrons. The van der Waals surface area contributed by atoms with Gasteiger partial charge in [0.1, 0.15) is 11.8 Å². The second kappa shape index (κ2) is 10.6. The van der Waals surface area contributed by atoms with Crippen molar-refractivity contribution in [2.75, 3.05) is 19.7 Å². The van der Waals surface area contributed by atoms with Crippen molar-refractivity contribution in [2.24, 2.45) is 0 Å². The molecule has 1 atom stereocenters. The monoisotopic (exact) mass is 430 g/mol. The fourth-order valence-electron chi connectivity index (χ4n) is 3.68. The molecule has 3 rings (SSSR count). The number of ether oxygens (including phenoxy) is 1. The number of rotatable bonds is 8. The van der Waals surface area contributed by atoms with Crippen LogP contribution in [0.3, 0.4) is 0 Å². The maximum Gasteiger partial charge on any atom is 0.241 e. The van der Waals surface area contributed by atoms with E-state index in [1.165, 1.54) is 12.1 Å². The summed E-state index contributed by atoms with van der Waals surface area (Å²) in [6.45, 7) is 3.73. The summed E-state index contributed by atoms with van der Waals surface area (Å²) in [5, 5.41) is 0. The van der Waals surface area contributed by atoms with E-state index in [-0.39, 0.29) is 10.8 Å². The lowest BCUT2D eigenvalue weighted by molar-refractivity contribution is -0.132. The Bertz CT molecular complexity index is 906. The average Bonchev–Trinajstić information content (AvgIpc) is 3.04. The Morgan fingerprint density at radius 2 is 1.63 bits per heavy atom. The van der Waals surface area contributed by atoms with E-state index >= 15 is 0 Å². The Morgan fingerprint density at radius 3 is 2.23 bits per heavy atom. The van der Waals surface area contributed by atoms with Crippen molar-refractivity contribution in [2.45, 2.75) is 50.0 Å². The quantitative estimate of drug-likeness (QED) is 0.697. The number of hydrogen-bond acceptors (Lipinski definition) is 4. The summed E-state index contributed by atoms with van der Waals surface area (Å²) in [6, 6.07) is 14.9. The molecule has 0 unspecified atom stereocenters. The van der Waals surface area contributed by atoms with Crippen molar-refractivity contribution in [1.82, 2.24) is 9.62 Å². The molecule has 1 heterocycles. The van der Waals surface area contributed by atoms with Gasteiger partial charge in [0.15, 0.2) is 0 Å². The second-order valence-corrected chi connectivity index (χ2v) is 9.22. The first-order valence-corrected chi connectivity index (χ1v) is 12.1. The van der Waals surface area contributed by atoms with Crippen molar-refractivity contribution in [1.29, 1.82) is 0 Å². The third kappa shape index (κ3) is 6.06. The van der Waals surface area contributed by atoms with Crippen molar-refractivity contribution in [3.05, 3.63) is 60.2 Å². The van der Waals surface area contributed by atoms with Crippen LogP contribution in [0.2, 0.25) is 0 Å². The number of likely N-dealkylation sites (tertiary alicyclic amines) is 1. The molecule has 6 nitrogen and oxygen atoms in total.